The van der Waals surface area contributed by atoms with Gasteiger partial charge in [0.2, 0.25) is 0 Å². The van der Waals surface area contributed by atoms with E-state index in [1.165, 1.54) is 0 Å². The van der Waals surface area contributed by atoms with E-state index in [0.29, 0.717) is 5.56 Å². The normalized spacial score (nSPS) is 12.1. The van der Waals surface area contributed by atoms with Crippen LogP contribution >= 0.6 is 31.9 Å². The maximum Gasteiger partial charge on any atom is 0.304 e. The van der Waals surface area contributed by atoms with Crippen LogP contribution in [0.4, 0.5) is 0 Å². The van der Waals surface area contributed by atoms with Crippen LogP contribution in [0.3, 0.4) is 0 Å². The van der Waals surface area contributed by atoms with Crippen LogP contribution in [0.25, 0.3) is 0 Å². The standard InChI is InChI=1S/C10H8Br2O3/c11-7-3-1-2-6(4-7)10(15)8(12)5-9(13)14/h1-4,8H,5H2,(H,13,14). The molecule has 0 saturated carbocycles. The van der Waals surface area contributed by atoms with Gasteiger partial charge >= 0.3 is 5.97 Å². The molecule has 0 radical (unpaired) electrons. The summed E-state index contributed by atoms with van der Waals surface area (Å²) >= 11 is 6.31. The number of halogens is 2. The van der Waals surface area contributed by atoms with Gasteiger partial charge in [0.25, 0.3) is 0 Å². The maximum atomic E-state index is 11.7. The topological polar surface area (TPSA) is 54.4 Å². The molecule has 0 saturated heterocycles. The summed E-state index contributed by atoms with van der Waals surface area (Å²) in [7, 11) is 0. The minimum Gasteiger partial charge on any atom is -0.481 e. The second-order valence-electron chi connectivity index (χ2n) is 2.94. The lowest BCUT2D eigenvalue weighted by Gasteiger charge is -2.06. The van der Waals surface area contributed by atoms with Gasteiger partial charge in [0.1, 0.15) is 0 Å². The number of benzene rings is 1. The highest BCUT2D eigenvalue weighted by molar-refractivity contribution is 9.10. The lowest BCUT2D eigenvalue weighted by atomic mass is 10.1. The summed E-state index contributed by atoms with van der Waals surface area (Å²) in [5, 5.41) is 8.54. The molecule has 80 valence electrons. The average Bonchev–Trinajstić information content (AvgIpc) is 2.15. The highest BCUT2D eigenvalue weighted by Crippen LogP contribution is 2.17. The molecule has 0 amide bonds. The van der Waals surface area contributed by atoms with Gasteiger partial charge in [-0.25, -0.2) is 0 Å². The van der Waals surface area contributed by atoms with Crippen LogP contribution in [0.5, 0.6) is 0 Å². The number of rotatable bonds is 4. The molecule has 1 aromatic rings. The van der Waals surface area contributed by atoms with Crippen molar-refractivity contribution in [2.45, 2.75) is 11.2 Å². The predicted molar refractivity (Wildman–Crippen MR) is 63.4 cm³/mol. The van der Waals surface area contributed by atoms with E-state index in [2.05, 4.69) is 31.9 Å². The minimum absolute atomic E-state index is 0.217. The minimum atomic E-state index is -1.000. The van der Waals surface area contributed by atoms with Gasteiger partial charge in [-0.3, -0.25) is 9.59 Å². The third-order valence-electron chi connectivity index (χ3n) is 1.75. The zero-order chi connectivity index (χ0) is 11.4. The number of aliphatic carboxylic acids is 1. The highest BCUT2D eigenvalue weighted by Gasteiger charge is 2.19. The van der Waals surface area contributed by atoms with Gasteiger partial charge in [-0.05, 0) is 12.1 Å². The summed E-state index contributed by atoms with van der Waals surface area (Å²) in [6.07, 6.45) is -0.217. The number of carbonyl (C=O) groups excluding carboxylic acids is 1. The molecule has 1 aromatic carbocycles. The van der Waals surface area contributed by atoms with Gasteiger partial charge in [-0.2, -0.15) is 0 Å². The molecular weight excluding hydrogens is 328 g/mol. The summed E-state index contributed by atoms with van der Waals surface area (Å²) < 4.78 is 0.795. The van der Waals surface area contributed by atoms with Gasteiger partial charge in [-0.15, -0.1) is 0 Å². The van der Waals surface area contributed by atoms with Crippen LogP contribution < -0.4 is 0 Å². The first kappa shape index (κ1) is 12.4. The second kappa shape index (κ2) is 5.42. The Morgan fingerprint density at radius 3 is 2.60 bits per heavy atom. The van der Waals surface area contributed by atoms with E-state index in [0.717, 1.165) is 4.47 Å². The lowest BCUT2D eigenvalue weighted by molar-refractivity contribution is -0.136. The summed E-state index contributed by atoms with van der Waals surface area (Å²) in [6.45, 7) is 0. The molecule has 0 aromatic heterocycles. The molecule has 1 N–H and O–H groups in total. The van der Waals surface area contributed by atoms with Crippen molar-refractivity contribution in [1.29, 1.82) is 0 Å². The summed E-state index contributed by atoms with van der Waals surface area (Å²) in [5.74, 6) is -1.22. The van der Waals surface area contributed by atoms with Crippen molar-refractivity contribution >= 4 is 43.6 Å². The SMILES string of the molecule is O=C(O)CC(Br)C(=O)c1cccc(Br)c1. The van der Waals surface area contributed by atoms with Crippen molar-refractivity contribution in [2.75, 3.05) is 0 Å². The smallest absolute Gasteiger partial charge is 0.304 e. The van der Waals surface area contributed by atoms with Crippen molar-refractivity contribution in [3.05, 3.63) is 34.3 Å². The predicted octanol–water partition coefficient (Wildman–Crippen LogP) is 2.87. The first-order valence-electron chi connectivity index (χ1n) is 4.16. The Kier molecular flexibility index (Phi) is 4.47. The fraction of sp³-hybridized carbons (Fsp3) is 0.200. The van der Waals surface area contributed by atoms with Crippen LogP contribution in [0.15, 0.2) is 28.7 Å². The number of carboxylic acid groups (broad SMARTS) is 1. The third-order valence-corrected chi connectivity index (χ3v) is 2.98. The first-order valence-corrected chi connectivity index (χ1v) is 5.87. The van der Waals surface area contributed by atoms with Crippen molar-refractivity contribution < 1.29 is 14.7 Å². The summed E-state index contributed by atoms with van der Waals surface area (Å²) in [5.41, 5.74) is 0.493. The molecule has 3 nitrogen and oxygen atoms in total. The quantitative estimate of drug-likeness (QED) is 0.680. The molecule has 0 aliphatic heterocycles. The molecule has 1 rings (SSSR count). The zero-order valence-corrected chi connectivity index (χ0v) is 10.8. The Labute approximate surface area is 104 Å². The molecule has 0 aliphatic carbocycles. The van der Waals surface area contributed by atoms with Crippen LogP contribution in [-0.2, 0) is 4.79 Å². The van der Waals surface area contributed by atoms with Gasteiger partial charge in [-0.1, -0.05) is 44.0 Å². The van der Waals surface area contributed by atoms with Crippen LogP contribution in [0.2, 0.25) is 0 Å². The van der Waals surface area contributed by atoms with E-state index >= 15 is 0 Å². The number of hydrogen-bond acceptors (Lipinski definition) is 2. The molecule has 0 spiro atoms. The number of ketones is 1. The van der Waals surface area contributed by atoms with Crippen molar-refractivity contribution in [3.8, 4) is 0 Å². The van der Waals surface area contributed by atoms with E-state index in [1.807, 2.05) is 0 Å². The second-order valence-corrected chi connectivity index (χ2v) is 4.96. The first-order chi connectivity index (χ1) is 7.00. The van der Waals surface area contributed by atoms with Gasteiger partial charge in [0, 0.05) is 10.0 Å². The fourth-order valence-corrected chi connectivity index (χ4v) is 2.01. The Hall–Kier alpha value is -0.680. The fourth-order valence-electron chi connectivity index (χ4n) is 1.07. The van der Waals surface area contributed by atoms with E-state index in [4.69, 9.17) is 5.11 Å². The van der Waals surface area contributed by atoms with Gasteiger partial charge < -0.3 is 5.11 Å². The molecule has 5 heteroatoms. The van der Waals surface area contributed by atoms with Crippen LogP contribution in [-0.4, -0.2) is 21.7 Å². The Morgan fingerprint density at radius 1 is 1.40 bits per heavy atom. The van der Waals surface area contributed by atoms with E-state index in [1.54, 1.807) is 24.3 Å². The highest BCUT2D eigenvalue weighted by atomic mass is 79.9. The van der Waals surface area contributed by atoms with Crippen molar-refractivity contribution in [3.63, 3.8) is 0 Å². The summed E-state index contributed by atoms with van der Waals surface area (Å²) in [4.78, 5) is 21.4. The van der Waals surface area contributed by atoms with E-state index in [9.17, 15) is 9.59 Å². The number of carboxylic acids is 1. The Balaban J connectivity index is 2.80. The molecule has 15 heavy (non-hydrogen) atoms. The van der Waals surface area contributed by atoms with Crippen molar-refractivity contribution in [2.24, 2.45) is 0 Å². The lowest BCUT2D eigenvalue weighted by Crippen LogP contribution is -2.18. The number of hydrogen-bond donors (Lipinski definition) is 1. The Morgan fingerprint density at radius 2 is 2.07 bits per heavy atom. The average molecular weight is 336 g/mol. The Bertz CT molecular complexity index is 390. The molecular formula is C10H8Br2O3. The van der Waals surface area contributed by atoms with Crippen LogP contribution in [0.1, 0.15) is 16.8 Å². The molecule has 0 bridgehead atoms. The van der Waals surface area contributed by atoms with E-state index in [-0.39, 0.29) is 12.2 Å². The number of alkyl halides is 1. The largest absolute Gasteiger partial charge is 0.481 e. The van der Waals surface area contributed by atoms with Crippen LogP contribution in [0, 0.1) is 0 Å². The third kappa shape index (κ3) is 3.76. The summed E-state index contributed by atoms with van der Waals surface area (Å²) in [6, 6.07) is 6.86. The molecule has 0 aliphatic rings. The molecule has 0 heterocycles. The van der Waals surface area contributed by atoms with Gasteiger partial charge in [0.05, 0.1) is 11.2 Å². The molecule has 1 unspecified atom stereocenters. The van der Waals surface area contributed by atoms with Crippen molar-refractivity contribution in [1.82, 2.24) is 0 Å². The maximum absolute atomic E-state index is 11.7. The van der Waals surface area contributed by atoms with Gasteiger partial charge in [0.15, 0.2) is 5.78 Å². The number of Topliss-reactive ketones (excluding diaryl/α,β-unsaturated/α-hetero) is 1. The molecule has 1 atom stereocenters. The number of carbonyl (C=O) groups is 2. The zero-order valence-electron chi connectivity index (χ0n) is 7.61. The van der Waals surface area contributed by atoms with E-state index < -0.39 is 10.8 Å². The molecule has 0 fully saturated rings. The monoisotopic (exact) mass is 334 g/mol.